The summed E-state index contributed by atoms with van der Waals surface area (Å²) in [6.07, 6.45) is 0. The summed E-state index contributed by atoms with van der Waals surface area (Å²) in [5, 5.41) is 3.95. The Hall–Kier alpha value is -0.630. The molecule has 0 aromatic heterocycles. The summed E-state index contributed by atoms with van der Waals surface area (Å²) in [6.45, 7) is 8.96. The lowest BCUT2D eigenvalue weighted by atomic mass is 9.87. The molecule has 1 aromatic carbocycles. The number of thioether (sulfide) groups is 1. The molecule has 14 heavy (non-hydrogen) atoms. The van der Waals surface area contributed by atoms with Crippen LogP contribution in [0.25, 0.3) is 0 Å². The third-order valence-electron chi connectivity index (χ3n) is 2.51. The summed E-state index contributed by atoms with van der Waals surface area (Å²) >= 11 is 1.91. The van der Waals surface area contributed by atoms with Crippen molar-refractivity contribution >= 4 is 17.4 Å². The fourth-order valence-electron chi connectivity index (χ4n) is 1.64. The molecule has 0 bridgehead atoms. The van der Waals surface area contributed by atoms with Crippen LogP contribution in [-0.4, -0.2) is 5.37 Å². The lowest BCUT2D eigenvalue weighted by Gasteiger charge is -2.19. The summed E-state index contributed by atoms with van der Waals surface area (Å²) in [5.74, 6) is 0. The van der Waals surface area contributed by atoms with Crippen molar-refractivity contribution in [1.29, 1.82) is 0 Å². The lowest BCUT2D eigenvalue weighted by molar-refractivity contribution is 0.589. The Morgan fingerprint density at radius 1 is 1.29 bits per heavy atom. The van der Waals surface area contributed by atoms with Crippen LogP contribution in [0.5, 0.6) is 0 Å². The zero-order valence-corrected chi connectivity index (χ0v) is 10.0. The lowest BCUT2D eigenvalue weighted by Crippen LogP contribution is -2.10. The molecule has 0 spiro atoms. The quantitative estimate of drug-likeness (QED) is 0.693. The molecule has 2 heteroatoms. The van der Waals surface area contributed by atoms with Gasteiger partial charge in [-0.15, -0.1) is 0 Å². The first-order valence-electron chi connectivity index (χ1n) is 5.04. The summed E-state index contributed by atoms with van der Waals surface area (Å²) in [4.78, 5) is 1.39. The maximum atomic E-state index is 3.44. The van der Waals surface area contributed by atoms with E-state index in [1.807, 2.05) is 11.8 Å². The zero-order chi connectivity index (χ0) is 10.3. The first kappa shape index (κ1) is 9.91. The first-order chi connectivity index (χ1) is 6.47. The predicted octanol–water partition coefficient (Wildman–Crippen LogP) is 3.85. The highest BCUT2D eigenvalue weighted by Crippen LogP contribution is 2.40. The largest absolute Gasteiger partial charge is 0.372 e. The number of hydrogen-bond donors (Lipinski definition) is 1. The van der Waals surface area contributed by atoms with Crippen LogP contribution in [0.4, 0.5) is 5.69 Å². The van der Waals surface area contributed by atoms with Gasteiger partial charge >= 0.3 is 0 Å². The molecule has 1 N–H and O–H groups in total. The highest BCUT2D eigenvalue weighted by molar-refractivity contribution is 8.00. The van der Waals surface area contributed by atoms with Gasteiger partial charge in [-0.1, -0.05) is 38.6 Å². The van der Waals surface area contributed by atoms with Crippen LogP contribution >= 0.6 is 11.8 Å². The second-order valence-corrected chi connectivity index (χ2v) is 6.25. The van der Waals surface area contributed by atoms with Crippen molar-refractivity contribution < 1.29 is 0 Å². The molecule has 1 aliphatic rings. The second kappa shape index (κ2) is 3.20. The molecule has 0 aliphatic carbocycles. The minimum absolute atomic E-state index is 0.251. The third-order valence-corrected chi connectivity index (χ3v) is 3.57. The molecular weight excluding hydrogens is 190 g/mol. The van der Waals surface area contributed by atoms with Crippen molar-refractivity contribution in [3.63, 3.8) is 0 Å². The average molecular weight is 207 g/mol. The van der Waals surface area contributed by atoms with Crippen molar-refractivity contribution in [2.45, 2.75) is 43.4 Å². The van der Waals surface area contributed by atoms with E-state index in [0.29, 0.717) is 5.37 Å². The minimum atomic E-state index is 0.251. The molecule has 1 unspecified atom stereocenters. The summed E-state index contributed by atoms with van der Waals surface area (Å²) in [6, 6.07) is 6.74. The number of nitrogens with one attached hydrogen (secondary N) is 1. The van der Waals surface area contributed by atoms with Gasteiger partial charge in [0.15, 0.2) is 0 Å². The Morgan fingerprint density at radius 2 is 2.00 bits per heavy atom. The molecule has 1 atom stereocenters. The van der Waals surface area contributed by atoms with Crippen molar-refractivity contribution in [2.75, 3.05) is 5.32 Å². The molecule has 1 aliphatic heterocycles. The minimum Gasteiger partial charge on any atom is -0.372 e. The zero-order valence-electron chi connectivity index (χ0n) is 9.22. The predicted molar refractivity (Wildman–Crippen MR) is 64.1 cm³/mol. The van der Waals surface area contributed by atoms with E-state index in [-0.39, 0.29) is 5.41 Å². The van der Waals surface area contributed by atoms with Crippen LogP contribution < -0.4 is 5.32 Å². The smallest absolute Gasteiger partial charge is 0.0741 e. The number of fused-ring (bicyclic) bond motifs is 1. The van der Waals surface area contributed by atoms with Gasteiger partial charge in [-0.2, -0.15) is 0 Å². The van der Waals surface area contributed by atoms with Crippen molar-refractivity contribution in [1.82, 2.24) is 0 Å². The van der Waals surface area contributed by atoms with E-state index in [1.54, 1.807) is 0 Å². The van der Waals surface area contributed by atoms with Gasteiger partial charge in [0.25, 0.3) is 0 Å². The van der Waals surface area contributed by atoms with Gasteiger partial charge in [-0.25, -0.2) is 0 Å². The molecule has 0 radical (unpaired) electrons. The Labute approximate surface area is 90.3 Å². The summed E-state index contributed by atoms with van der Waals surface area (Å²) in [5.41, 5.74) is 2.96. The fraction of sp³-hybridized carbons (Fsp3) is 0.500. The normalized spacial score (nSPS) is 20.4. The molecule has 0 saturated heterocycles. The summed E-state index contributed by atoms with van der Waals surface area (Å²) in [7, 11) is 0. The third kappa shape index (κ3) is 1.76. The van der Waals surface area contributed by atoms with Gasteiger partial charge in [0.1, 0.15) is 0 Å². The molecule has 0 fully saturated rings. The van der Waals surface area contributed by atoms with Crippen molar-refractivity contribution in [2.24, 2.45) is 0 Å². The Morgan fingerprint density at radius 3 is 2.64 bits per heavy atom. The molecule has 0 saturated carbocycles. The molecule has 76 valence electrons. The SMILES string of the molecule is CC1Nc2ccc(C(C)(C)C)cc2S1. The Kier molecular flexibility index (Phi) is 2.26. The molecule has 1 nitrogen and oxygen atoms in total. The van der Waals surface area contributed by atoms with Crippen LogP contribution in [-0.2, 0) is 5.41 Å². The Bertz CT molecular complexity index is 352. The van der Waals surface area contributed by atoms with Gasteiger partial charge in [0.05, 0.1) is 5.37 Å². The highest BCUT2D eigenvalue weighted by Gasteiger charge is 2.20. The van der Waals surface area contributed by atoms with E-state index in [2.05, 4.69) is 51.2 Å². The van der Waals surface area contributed by atoms with E-state index in [4.69, 9.17) is 0 Å². The van der Waals surface area contributed by atoms with E-state index < -0.39 is 0 Å². The van der Waals surface area contributed by atoms with Crippen LogP contribution in [0, 0.1) is 0 Å². The van der Waals surface area contributed by atoms with Crippen molar-refractivity contribution in [3.8, 4) is 0 Å². The Balaban J connectivity index is 2.38. The number of hydrogen-bond acceptors (Lipinski definition) is 2. The molecular formula is C12H17NS. The van der Waals surface area contributed by atoms with Crippen LogP contribution in [0.1, 0.15) is 33.3 Å². The maximum Gasteiger partial charge on any atom is 0.0741 e. The fourth-order valence-corrected chi connectivity index (χ4v) is 2.66. The molecule has 2 rings (SSSR count). The maximum absolute atomic E-state index is 3.44. The monoisotopic (exact) mass is 207 g/mol. The average Bonchev–Trinajstić information content (AvgIpc) is 2.41. The van der Waals surface area contributed by atoms with Gasteiger partial charge in [-0.3, -0.25) is 0 Å². The topological polar surface area (TPSA) is 12.0 Å². The number of anilines is 1. The van der Waals surface area contributed by atoms with E-state index in [0.717, 1.165) is 0 Å². The van der Waals surface area contributed by atoms with E-state index in [9.17, 15) is 0 Å². The highest BCUT2D eigenvalue weighted by atomic mass is 32.2. The second-order valence-electron chi connectivity index (χ2n) is 4.87. The number of rotatable bonds is 0. The van der Waals surface area contributed by atoms with Crippen molar-refractivity contribution in [3.05, 3.63) is 23.8 Å². The number of benzene rings is 1. The standard InChI is InChI=1S/C12H17NS/c1-8-13-10-6-5-9(12(2,3)4)7-11(10)14-8/h5-8,13H,1-4H3. The van der Waals surface area contributed by atoms with Crippen LogP contribution in [0.2, 0.25) is 0 Å². The van der Waals surface area contributed by atoms with E-state index >= 15 is 0 Å². The van der Waals surface area contributed by atoms with Gasteiger partial charge in [0, 0.05) is 10.6 Å². The molecule has 1 aromatic rings. The first-order valence-corrected chi connectivity index (χ1v) is 5.92. The van der Waals surface area contributed by atoms with Gasteiger partial charge in [-0.05, 0) is 30.0 Å². The van der Waals surface area contributed by atoms with Gasteiger partial charge < -0.3 is 5.32 Å². The van der Waals surface area contributed by atoms with Crippen LogP contribution in [0.15, 0.2) is 23.1 Å². The molecule has 0 amide bonds. The van der Waals surface area contributed by atoms with Gasteiger partial charge in [0.2, 0.25) is 0 Å². The molecule has 1 heterocycles. The van der Waals surface area contributed by atoms with Crippen LogP contribution in [0.3, 0.4) is 0 Å². The van der Waals surface area contributed by atoms with E-state index in [1.165, 1.54) is 16.1 Å². The summed E-state index contributed by atoms with van der Waals surface area (Å²) < 4.78 is 0.